The Labute approximate surface area is 103 Å². The molecule has 1 aliphatic carbocycles. The number of hydrogen-bond acceptors (Lipinski definition) is 3. The van der Waals surface area contributed by atoms with Crippen LogP contribution in [0.25, 0.3) is 0 Å². The summed E-state index contributed by atoms with van der Waals surface area (Å²) in [7, 11) is 0. The molecule has 0 bridgehead atoms. The first kappa shape index (κ1) is 10.3. The molecule has 1 fully saturated rings. The minimum Gasteiger partial charge on any atom is -0.301 e. The highest BCUT2D eigenvalue weighted by molar-refractivity contribution is 7.09. The van der Waals surface area contributed by atoms with Gasteiger partial charge in [-0.1, -0.05) is 6.07 Å². The Kier molecular flexibility index (Phi) is 2.69. The van der Waals surface area contributed by atoms with Crippen LogP contribution < -0.4 is 0 Å². The lowest BCUT2D eigenvalue weighted by Gasteiger charge is -2.05. The van der Waals surface area contributed by atoms with Crippen molar-refractivity contribution < 1.29 is 0 Å². The molecule has 0 radical (unpaired) electrons. The van der Waals surface area contributed by atoms with Crippen molar-refractivity contribution in [3.63, 3.8) is 0 Å². The van der Waals surface area contributed by atoms with E-state index in [-0.39, 0.29) is 0 Å². The molecule has 5 heteroatoms. The van der Waals surface area contributed by atoms with Gasteiger partial charge in [0.25, 0.3) is 0 Å². The second-order valence-corrected chi connectivity index (χ2v) is 5.45. The molecule has 0 saturated heterocycles. The third kappa shape index (κ3) is 1.99. The predicted octanol–water partition coefficient (Wildman–Crippen LogP) is 3.11. The number of halogens is 1. The van der Waals surface area contributed by atoms with Gasteiger partial charge in [0.05, 0.1) is 0 Å². The number of thiophene rings is 1. The maximum atomic E-state index is 6.05. The number of nitrogens with zero attached hydrogens (tertiary/aromatic N) is 3. The Bertz CT molecular complexity index is 473. The van der Waals surface area contributed by atoms with Crippen LogP contribution in [0.1, 0.15) is 29.5 Å². The van der Waals surface area contributed by atoms with Crippen LogP contribution in [0.15, 0.2) is 17.5 Å². The van der Waals surface area contributed by atoms with Gasteiger partial charge >= 0.3 is 0 Å². The Morgan fingerprint density at radius 2 is 2.31 bits per heavy atom. The second-order valence-electron chi connectivity index (χ2n) is 4.08. The number of rotatable bonds is 4. The van der Waals surface area contributed by atoms with Crippen molar-refractivity contribution in [2.75, 3.05) is 0 Å². The first-order valence-corrected chi connectivity index (χ1v) is 6.71. The van der Waals surface area contributed by atoms with Crippen LogP contribution >= 0.6 is 22.9 Å². The molecule has 0 unspecified atom stereocenters. The molecule has 0 amide bonds. The summed E-state index contributed by atoms with van der Waals surface area (Å²) in [5, 5.41) is 10.8. The topological polar surface area (TPSA) is 30.7 Å². The summed E-state index contributed by atoms with van der Waals surface area (Å²) in [6.07, 6.45) is 3.47. The fourth-order valence-corrected chi connectivity index (χ4v) is 2.73. The zero-order valence-corrected chi connectivity index (χ0v) is 10.3. The average Bonchev–Trinajstić information content (AvgIpc) is 2.87. The van der Waals surface area contributed by atoms with Gasteiger partial charge in [-0.25, -0.2) is 0 Å². The summed E-state index contributed by atoms with van der Waals surface area (Å²) >= 11 is 7.83. The summed E-state index contributed by atoms with van der Waals surface area (Å²) in [5.74, 6) is 1.67. The van der Waals surface area contributed by atoms with E-state index in [1.807, 2.05) is 0 Å². The minimum atomic E-state index is 0.526. The van der Waals surface area contributed by atoms with E-state index in [0.717, 1.165) is 18.8 Å². The van der Waals surface area contributed by atoms with Crippen LogP contribution in [0.4, 0.5) is 0 Å². The molecule has 0 N–H and O–H groups in total. The molecule has 1 saturated carbocycles. The Balaban J connectivity index is 1.75. The molecule has 84 valence electrons. The maximum Gasteiger partial charge on any atom is 0.225 e. The van der Waals surface area contributed by atoms with Crippen molar-refractivity contribution in [2.45, 2.75) is 31.7 Å². The lowest BCUT2D eigenvalue weighted by Crippen LogP contribution is -2.05. The van der Waals surface area contributed by atoms with Gasteiger partial charge in [-0.3, -0.25) is 0 Å². The lowest BCUT2D eigenvalue weighted by atomic mass is 10.3. The van der Waals surface area contributed by atoms with E-state index in [1.54, 1.807) is 11.3 Å². The van der Waals surface area contributed by atoms with Crippen LogP contribution in [0.3, 0.4) is 0 Å². The predicted molar refractivity (Wildman–Crippen MR) is 65.0 cm³/mol. The Morgan fingerprint density at radius 3 is 3.00 bits per heavy atom. The van der Waals surface area contributed by atoms with Crippen molar-refractivity contribution >= 4 is 22.9 Å². The molecule has 0 aliphatic heterocycles. The fourth-order valence-electron chi connectivity index (χ4n) is 1.82. The average molecular weight is 254 g/mol. The summed E-state index contributed by atoms with van der Waals surface area (Å²) in [5.41, 5.74) is 0. The van der Waals surface area contributed by atoms with Gasteiger partial charge in [-0.2, -0.15) is 0 Å². The molecule has 2 aromatic heterocycles. The monoisotopic (exact) mass is 253 g/mol. The van der Waals surface area contributed by atoms with Gasteiger partial charge in [0.1, 0.15) is 5.82 Å². The molecule has 16 heavy (non-hydrogen) atoms. The van der Waals surface area contributed by atoms with Crippen molar-refractivity contribution in [3.05, 3.63) is 33.5 Å². The van der Waals surface area contributed by atoms with E-state index in [4.69, 9.17) is 11.6 Å². The van der Waals surface area contributed by atoms with Gasteiger partial charge in [0, 0.05) is 17.3 Å². The largest absolute Gasteiger partial charge is 0.301 e. The van der Waals surface area contributed by atoms with E-state index in [2.05, 4.69) is 32.3 Å². The molecule has 3 rings (SSSR count). The summed E-state index contributed by atoms with van der Waals surface area (Å²) < 4.78 is 2.05. The first-order chi connectivity index (χ1) is 7.84. The molecule has 2 heterocycles. The molecule has 2 aromatic rings. The molecule has 3 nitrogen and oxygen atoms in total. The minimum absolute atomic E-state index is 0.526. The van der Waals surface area contributed by atoms with Crippen LogP contribution in [0, 0.1) is 0 Å². The second kappa shape index (κ2) is 4.18. The van der Waals surface area contributed by atoms with Crippen LogP contribution in [0.5, 0.6) is 0 Å². The molecule has 1 aliphatic rings. The van der Waals surface area contributed by atoms with Crippen molar-refractivity contribution in [3.8, 4) is 0 Å². The zero-order chi connectivity index (χ0) is 11.0. The highest BCUT2D eigenvalue weighted by atomic mass is 35.5. The molecule has 0 atom stereocenters. The van der Waals surface area contributed by atoms with Gasteiger partial charge in [0.15, 0.2) is 0 Å². The smallest absolute Gasteiger partial charge is 0.225 e. The van der Waals surface area contributed by atoms with E-state index in [0.29, 0.717) is 11.2 Å². The number of hydrogen-bond donors (Lipinski definition) is 0. The van der Waals surface area contributed by atoms with Crippen molar-refractivity contribution in [1.29, 1.82) is 0 Å². The van der Waals surface area contributed by atoms with Gasteiger partial charge in [0.2, 0.25) is 5.28 Å². The first-order valence-electron chi connectivity index (χ1n) is 5.45. The van der Waals surface area contributed by atoms with E-state index in [1.165, 1.54) is 17.7 Å². The fraction of sp³-hybridized carbons (Fsp3) is 0.455. The Hall–Kier alpha value is -0.870. The molecule has 0 spiro atoms. The van der Waals surface area contributed by atoms with E-state index >= 15 is 0 Å². The summed E-state index contributed by atoms with van der Waals surface area (Å²) in [6.45, 7) is 0.887. The molecular formula is C11H12ClN3S. The van der Waals surface area contributed by atoms with Crippen LogP contribution in [-0.4, -0.2) is 14.8 Å². The SMILES string of the molecule is Clc1nnc(C2CC2)n1CCc1cccs1. The highest BCUT2D eigenvalue weighted by Gasteiger charge is 2.29. The molecule has 0 aromatic carbocycles. The van der Waals surface area contributed by atoms with E-state index < -0.39 is 0 Å². The summed E-state index contributed by atoms with van der Waals surface area (Å²) in [4.78, 5) is 1.38. The third-order valence-corrected chi connectivity index (χ3v) is 4.05. The summed E-state index contributed by atoms with van der Waals surface area (Å²) in [6, 6.07) is 4.23. The zero-order valence-electron chi connectivity index (χ0n) is 8.77. The standard InChI is InChI=1S/C11H12ClN3S/c12-11-14-13-10(8-3-4-8)15(11)6-5-9-2-1-7-16-9/h1-2,7-8H,3-6H2. The van der Waals surface area contributed by atoms with Crippen molar-refractivity contribution in [2.24, 2.45) is 0 Å². The number of aromatic nitrogens is 3. The lowest BCUT2D eigenvalue weighted by molar-refractivity contribution is 0.657. The van der Waals surface area contributed by atoms with Gasteiger partial charge < -0.3 is 4.57 Å². The molecular weight excluding hydrogens is 242 g/mol. The highest BCUT2D eigenvalue weighted by Crippen LogP contribution is 2.39. The van der Waals surface area contributed by atoms with Crippen LogP contribution in [-0.2, 0) is 13.0 Å². The normalized spacial score (nSPS) is 15.6. The van der Waals surface area contributed by atoms with Gasteiger partial charge in [-0.15, -0.1) is 21.5 Å². The number of aryl methyl sites for hydroxylation is 1. The van der Waals surface area contributed by atoms with Gasteiger partial charge in [-0.05, 0) is 42.3 Å². The third-order valence-electron chi connectivity index (χ3n) is 2.84. The van der Waals surface area contributed by atoms with Crippen molar-refractivity contribution in [1.82, 2.24) is 14.8 Å². The maximum absolute atomic E-state index is 6.05. The Morgan fingerprint density at radius 1 is 1.44 bits per heavy atom. The van der Waals surface area contributed by atoms with E-state index in [9.17, 15) is 0 Å². The quantitative estimate of drug-likeness (QED) is 0.838. The van der Waals surface area contributed by atoms with Crippen LogP contribution in [0.2, 0.25) is 5.28 Å².